The standard InChI is InChI=1S/C26H32ClF2NO6S2/c27-17-4-6-19(7-5-17)38(33,34)26-11-13-35-23(10-14-37(31,32)15-12-30-18-2-1-3-18)20(26)16-36-25-22(29)9-8-21(28)24(25)26/h4,6-9,17-18,20,23,30H,1-3,5,10-16H2. The second-order valence-corrected chi connectivity index (χ2v) is 15.5. The van der Waals surface area contributed by atoms with Crippen molar-refractivity contribution in [2.24, 2.45) is 5.92 Å². The molecule has 1 saturated carbocycles. The smallest absolute Gasteiger partial charge is 0.188 e. The molecule has 7 nitrogen and oxygen atoms in total. The van der Waals surface area contributed by atoms with E-state index in [1.54, 1.807) is 6.08 Å². The summed E-state index contributed by atoms with van der Waals surface area (Å²) in [6.07, 6.45) is 7.01. The molecule has 5 rings (SSSR count). The van der Waals surface area contributed by atoms with Gasteiger partial charge in [-0.05, 0) is 50.3 Å². The second kappa shape index (κ2) is 10.8. The van der Waals surface area contributed by atoms with E-state index in [-0.39, 0.29) is 59.8 Å². The fourth-order valence-corrected chi connectivity index (χ4v) is 9.73. The lowest BCUT2D eigenvalue weighted by Crippen LogP contribution is -2.58. The molecule has 2 aliphatic carbocycles. The van der Waals surface area contributed by atoms with Crippen LogP contribution in [0.15, 0.2) is 35.3 Å². The average Bonchev–Trinajstić information content (AvgIpc) is 2.86. The molecular formula is C26H32ClF2NO6S2. The van der Waals surface area contributed by atoms with Gasteiger partial charge >= 0.3 is 0 Å². The van der Waals surface area contributed by atoms with Crippen molar-refractivity contribution in [3.05, 3.63) is 52.5 Å². The van der Waals surface area contributed by atoms with E-state index < -0.39 is 53.8 Å². The van der Waals surface area contributed by atoms with E-state index >= 15 is 4.39 Å². The zero-order valence-corrected chi connectivity index (χ0v) is 23.3. The van der Waals surface area contributed by atoms with Crippen LogP contribution in [0, 0.1) is 17.6 Å². The number of halogens is 3. The van der Waals surface area contributed by atoms with Gasteiger partial charge in [0.05, 0.1) is 40.1 Å². The van der Waals surface area contributed by atoms with Crippen LogP contribution < -0.4 is 10.1 Å². The third kappa shape index (κ3) is 5.05. The number of allylic oxidation sites excluding steroid dienone is 3. The highest BCUT2D eigenvalue weighted by Gasteiger charge is 2.61. The quantitative estimate of drug-likeness (QED) is 0.437. The number of ether oxygens (including phenoxy) is 2. The minimum atomic E-state index is -4.30. The van der Waals surface area contributed by atoms with Gasteiger partial charge in [-0.2, -0.15) is 0 Å². The summed E-state index contributed by atoms with van der Waals surface area (Å²) >= 11 is 6.12. The number of alkyl halides is 1. The zero-order chi connectivity index (χ0) is 27.1. The van der Waals surface area contributed by atoms with E-state index in [1.165, 1.54) is 12.2 Å². The van der Waals surface area contributed by atoms with Gasteiger partial charge in [-0.15, -0.1) is 11.6 Å². The maximum absolute atomic E-state index is 15.5. The number of fused-ring (bicyclic) bond motifs is 3. The highest BCUT2D eigenvalue weighted by atomic mass is 35.5. The Kier molecular flexibility index (Phi) is 7.96. The molecule has 1 aromatic rings. The van der Waals surface area contributed by atoms with Crippen LogP contribution in [0.25, 0.3) is 0 Å². The fourth-order valence-electron chi connectivity index (χ4n) is 5.92. The van der Waals surface area contributed by atoms with Gasteiger partial charge in [-0.3, -0.25) is 0 Å². The van der Waals surface area contributed by atoms with Crippen LogP contribution in [-0.2, 0) is 29.2 Å². The van der Waals surface area contributed by atoms with E-state index in [9.17, 15) is 21.2 Å². The van der Waals surface area contributed by atoms with Gasteiger partial charge in [-0.25, -0.2) is 25.6 Å². The lowest BCUT2D eigenvalue weighted by Gasteiger charge is -2.50. The van der Waals surface area contributed by atoms with Crippen LogP contribution >= 0.6 is 11.6 Å². The van der Waals surface area contributed by atoms with Crippen LogP contribution in [0.3, 0.4) is 0 Å². The van der Waals surface area contributed by atoms with Gasteiger partial charge < -0.3 is 14.8 Å². The van der Waals surface area contributed by atoms with E-state index in [0.29, 0.717) is 12.6 Å². The number of hydrogen-bond acceptors (Lipinski definition) is 7. The average molecular weight is 592 g/mol. The number of benzene rings is 1. The molecule has 1 saturated heterocycles. The molecule has 0 radical (unpaired) electrons. The maximum atomic E-state index is 15.5. The zero-order valence-electron chi connectivity index (χ0n) is 20.9. The van der Waals surface area contributed by atoms with E-state index in [0.717, 1.165) is 31.4 Å². The SMILES string of the molecule is O=S(=O)(CCNC1CCC1)CCC1OCCC2(S(=O)(=O)C3=CCC(Cl)C=C3)c3c(F)ccc(F)c3OCC12. The topological polar surface area (TPSA) is 98.8 Å². The molecule has 0 spiro atoms. The normalized spacial score (nSPS) is 29.6. The van der Waals surface area contributed by atoms with Crippen molar-refractivity contribution in [3.63, 3.8) is 0 Å². The molecule has 2 aliphatic heterocycles. The van der Waals surface area contributed by atoms with Gasteiger partial charge in [0.15, 0.2) is 31.2 Å². The van der Waals surface area contributed by atoms with Crippen molar-refractivity contribution in [1.82, 2.24) is 5.32 Å². The summed E-state index contributed by atoms with van der Waals surface area (Å²) in [5, 5.41) is 2.87. The van der Waals surface area contributed by atoms with E-state index in [1.807, 2.05) is 0 Å². The van der Waals surface area contributed by atoms with Crippen LogP contribution in [0.1, 0.15) is 44.1 Å². The molecular weight excluding hydrogens is 560 g/mol. The molecule has 1 aromatic carbocycles. The van der Waals surface area contributed by atoms with Gasteiger partial charge in [0.25, 0.3) is 0 Å². The molecule has 4 unspecified atom stereocenters. The first-order valence-electron chi connectivity index (χ1n) is 13.0. The fraction of sp³-hybridized carbons (Fsp3) is 0.615. The summed E-state index contributed by atoms with van der Waals surface area (Å²) in [5.74, 6) is -3.37. The number of hydrogen-bond donors (Lipinski definition) is 1. The Morgan fingerprint density at radius 2 is 1.87 bits per heavy atom. The summed E-state index contributed by atoms with van der Waals surface area (Å²) in [5.41, 5.74) is -0.350. The summed E-state index contributed by atoms with van der Waals surface area (Å²) in [6, 6.07) is 2.18. The lowest BCUT2D eigenvalue weighted by molar-refractivity contribution is -0.0730. The third-order valence-electron chi connectivity index (χ3n) is 8.21. The molecule has 12 heteroatoms. The minimum Gasteiger partial charge on any atom is -0.490 e. The molecule has 0 bridgehead atoms. The Morgan fingerprint density at radius 1 is 1.11 bits per heavy atom. The van der Waals surface area contributed by atoms with Crippen molar-refractivity contribution >= 4 is 31.3 Å². The highest BCUT2D eigenvalue weighted by molar-refractivity contribution is 7.96. The summed E-state index contributed by atoms with van der Waals surface area (Å²) in [6.45, 7) is 0.0349. The van der Waals surface area contributed by atoms with Gasteiger partial charge in [0.2, 0.25) is 0 Å². The van der Waals surface area contributed by atoms with Crippen molar-refractivity contribution in [2.45, 2.75) is 60.8 Å². The van der Waals surface area contributed by atoms with Crippen LogP contribution in [-0.4, -0.2) is 65.6 Å². The molecule has 4 atom stereocenters. The Labute approximate surface area is 227 Å². The van der Waals surface area contributed by atoms with E-state index in [2.05, 4.69) is 5.32 Å². The molecule has 0 amide bonds. The monoisotopic (exact) mass is 591 g/mol. The molecule has 2 heterocycles. The highest BCUT2D eigenvalue weighted by Crippen LogP contribution is 2.56. The number of nitrogens with one attached hydrogen (secondary N) is 1. The first-order chi connectivity index (χ1) is 18.0. The van der Waals surface area contributed by atoms with Crippen molar-refractivity contribution in [1.29, 1.82) is 0 Å². The predicted molar refractivity (Wildman–Crippen MR) is 141 cm³/mol. The van der Waals surface area contributed by atoms with Crippen LogP contribution in [0.2, 0.25) is 0 Å². The van der Waals surface area contributed by atoms with Crippen molar-refractivity contribution in [3.8, 4) is 5.75 Å². The number of rotatable bonds is 9. The molecule has 2 fully saturated rings. The second-order valence-electron chi connectivity index (χ2n) is 10.4. The van der Waals surface area contributed by atoms with Gasteiger partial charge in [0.1, 0.15) is 10.6 Å². The first kappa shape index (κ1) is 28.0. The van der Waals surface area contributed by atoms with Crippen LogP contribution in [0.4, 0.5) is 8.78 Å². The van der Waals surface area contributed by atoms with Gasteiger partial charge in [0, 0.05) is 25.1 Å². The summed E-state index contributed by atoms with van der Waals surface area (Å²) < 4.78 is 94.2. The maximum Gasteiger partial charge on any atom is 0.188 e. The van der Waals surface area contributed by atoms with Gasteiger partial charge in [-0.1, -0.05) is 18.6 Å². The number of sulfone groups is 2. The van der Waals surface area contributed by atoms with E-state index in [4.69, 9.17) is 21.1 Å². The summed E-state index contributed by atoms with van der Waals surface area (Å²) in [4.78, 5) is -0.0220. The lowest BCUT2D eigenvalue weighted by atomic mass is 9.75. The Hall–Kier alpha value is -1.53. The first-order valence-corrected chi connectivity index (χ1v) is 16.7. The van der Waals surface area contributed by atoms with Crippen molar-refractivity contribution < 1.29 is 35.1 Å². The molecule has 0 aromatic heterocycles. The largest absolute Gasteiger partial charge is 0.490 e. The third-order valence-corrected chi connectivity index (χ3v) is 12.8. The molecule has 210 valence electrons. The molecule has 4 aliphatic rings. The van der Waals surface area contributed by atoms with Crippen LogP contribution in [0.5, 0.6) is 5.75 Å². The minimum absolute atomic E-state index is 0.0158. The Balaban J connectivity index is 1.47. The Morgan fingerprint density at radius 3 is 2.55 bits per heavy atom. The molecule has 38 heavy (non-hydrogen) atoms. The predicted octanol–water partition coefficient (Wildman–Crippen LogP) is 3.77. The Bertz CT molecular complexity index is 1350. The van der Waals surface area contributed by atoms with Crippen molar-refractivity contribution in [2.75, 3.05) is 31.3 Å². The summed E-state index contributed by atoms with van der Waals surface area (Å²) in [7, 11) is -7.76. The molecule has 1 N–H and O–H groups in total.